The van der Waals surface area contributed by atoms with Crippen molar-refractivity contribution >= 4 is 17.4 Å². The molecule has 5 heteroatoms. The minimum atomic E-state index is -0.629. The van der Waals surface area contributed by atoms with Gasteiger partial charge in [-0.1, -0.05) is 35.9 Å². The van der Waals surface area contributed by atoms with E-state index in [0.29, 0.717) is 11.6 Å². The van der Waals surface area contributed by atoms with E-state index in [1.807, 2.05) is 18.2 Å². The first-order valence-electron chi connectivity index (χ1n) is 6.17. The number of amidine groups is 1. The fourth-order valence-electron chi connectivity index (χ4n) is 2.24. The lowest BCUT2D eigenvalue weighted by molar-refractivity contribution is 0.578. The highest BCUT2D eigenvalue weighted by Crippen LogP contribution is 2.28. The first-order chi connectivity index (χ1) is 9.66. The molecule has 1 heterocycles. The molecule has 0 amide bonds. The lowest BCUT2D eigenvalue weighted by Crippen LogP contribution is -2.22. The van der Waals surface area contributed by atoms with Crippen LogP contribution in [0.1, 0.15) is 17.2 Å². The number of hydrogen-bond donors (Lipinski definition) is 1. The van der Waals surface area contributed by atoms with Gasteiger partial charge in [-0.15, -0.1) is 0 Å². The van der Waals surface area contributed by atoms with Gasteiger partial charge < -0.3 is 5.32 Å². The standard InChI is InChI=1S/C15H11ClF2N2/c16-10-5-2-1-4-9(10)13-8-19-15(20-13)14-11(17)6-3-7-12(14)18/h1-7,13H,8H2,(H,19,20). The molecule has 0 aromatic heterocycles. The van der Waals surface area contributed by atoms with E-state index < -0.39 is 11.6 Å². The van der Waals surface area contributed by atoms with E-state index in [1.54, 1.807) is 6.07 Å². The Kier molecular flexibility index (Phi) is 3.40. The molecule has 20 heavy (non-hydrogen) atoms. The van der Waals surface area contributed by atoms with Gasteiger partial charge in [0.1, 0.15) is 17.5 Å². The molecule has 0 fully saturated rings. The van der Waals surface area contributed by atoms with Crippen molar-refractivity contribution in [3.63, 3.8) is 0 Å². The number of aliphatic imine (C=N–C) groups is 1. The van der Waals surface area contributed by atoms with Gasteiger partial charge in [-0.05, 0) is 23.8 Å². The Morgan fingerprint density at radius 3 is 2.45 bits per heavy atom. The molecule has 2 aromatic rings. The average molecular weight is 293 g/mol. The Balaban J connectivity index is 1.99. The van der Waals surface area contributed by atoms with Gasteiger partial charge >= 0.3 is 0 Å². The summed E-state index contributed by atoms with van der Waals surface area (Å²) in [6.07, 6.45) is 0. The number of rotatable bonds is 2. The molecule has 2 aromatic carbocycles. The van der Waals surface area contributed by atoms with Crippen LogP contribution in [0.4, 0.5) is 8.78 Å². The second-order valence-electron chi connectivity index (χ2n) is 4.49. The Labute approximate surface area is 120 Å². The quantitative estimate of drug-likeness (QED) is 0.896. The minimum absolute atomic E-state index is 0.123. The second kappa shape index (κ2) is 5.21. The normalized spacial score (nSPS) is 17.8. The van der Waals surface area contributed by atoms with Crippen LogP contribution >= 0.6 is 11.6 Å². The maximum atomic E-state index is 13.7. The number of nitrogens with zero attached hydrogens (tertiary/aromatic N) is 1. The molecule has 1 unspecified atom stereocenters. The zero-order chi connectivity index (χ0) is 14.1. The smallest absolute Gasteiger partial charge is 0.137 e. The Bertz CT molecular complexity index is 665. The van der Waals surface area contributed by atoms with Crippen LogP contribution in [0.5, 0.6) is 0 Å². The highest BCUT2D eigenvalue weighted by Gasteiger charge is 2.24. The Morgan fingerprint density at radius 1 is 1.05 bits per heavy atom. The Hall–Kier alpha value is -1.94. The van der Waals surface area contributed by atoms with Gasteiger partial charge in [0, 0.05) is 11.6 Å². The van der Waals surface area contributed by atoms with Crippen molar-refractivity contribution in [1.29, 1.82) is 0 Å². The molecule has 1 atom stereocenters. The highest BCUT2D eigenvalue weighted by molar-refractivity contribution is 6.31. The summed E-state index contributed by atoms with van der Waals surface area (Å²) in [7, 11) is 0. The number of nitrogens with one attached hydrogen (secondary N) is 1. The van der Waals surface area contributed by atoms with Crippen LogP contribution in [0.3, 0.4) is 0 Å². The van der Waals surface area contributed by atoms with Crippen molar-refractivity contribution < 1.29 is 8.78 Å². The summed E-state index contributed by atoms with van der Waals surface area (Å²) in [6.45, 7) is 0.465. The zero-order valence-corrected chi connectivity index (χ0v) is 11.2. The minimum Gasteiger partial charge on any atom is -0.367 e. The average Bonchev–Trinajstić information content (AvgIpc) is 2.88. The van der Waals surface area contributed by atoms with Gasteiger partial charge in [0.15, 0.2) is 0 Å². The van der Waals surface area contributed by atoms with E-state index in [-0.39, 0.29) is 17.4 Å². The topological polar surface area (TPSA) is 24.4 Å². The number of hydrogen-bond acceptors (Lipinski definition) is 2. The number of halogens is 3. The fourth-order valence-corrected chi connectivity index (χ4v) is 2.50. The van der Waals surface area contributed by atoms with E-state index in [1.165, 1.54) is 18.2 Å². The molecule has 0 saturated heterocycles. The summed E-state index contributed by atoms with van der Waals surface area (Å²) >= 11 is 6.12. The maximum absolute atomic E-state index is 13.7. The van der Waals surface area contributed by atoms with Gasteiger partial charge in [-0.25, -0.2) is 8.78 Å². The van der Waals surface area contributed by atoms with Crippen LogP contribution in [0.15, 0.2) is 47.5 Å². The molecule has 102 valence electrons. The number of benzene rings is 2. The van der Waals surface area contributed by atoms with Gasteiger partial charge in [0.05, 0.1) is 11.6 Å². The molecule has 0 bridgehead atoms. The molecule has 0 saturated carbocycles. The molecule has 3 rings (SSSR count). The van der Waals surface area contributed by atoms with E-state index in [0.717, 1.165) is 5.56 Å². The van der Waals surface area contributed by atoms with Crippen LogP contribution in [0.25, 0.3) is 0 Å². The highest BCUT2D eigenvalue weighted by atomic mass is 35.5. The van der Waals surface area contributed by atoms with Crippen molar-refractivity contribution in [3.05, 3.63) is 70.2 Å². The van der Waals surface area contributed by atoms with Crippen LogP contribution in [-0.4, -0.2) is 12.4 Å². The van der Waals surface area contributed by atoms with Crippen molar-refractivity contribution in [2.24, 2.45) is 4.99 Å². The van der Waals surface area contributed by atoms with Crippen LogP contribution in [0, 0.1) is 11.6 Å². The lowest BCUT2D eigenvalue weighted by Gasteiger charge is -2.07. The van der Waals surface area contributed by atoms with E-state index >= 15 is 0 Å². The summed E-state index contributed by atoms with van der Waals surface area (Å²) in [6, 6.07) is 10.8. The molecule has 1 N–H and O–H groups in total. The fraction of sp³-hybridized carbons (Fsp3) is 0.133. The summed E-state index contributed by atoms with van der Waals surface area (Å²) in [5, 5.41) is 3.54. The van der Waals surface area contributed by atoms with E-state index in [4.69, 9.17) is 11.6 Å². The monoisotopic (exact) mass is 292 g/mol. The molecule has 1 aliphatic rings. The van der Waals surface area contributed by atoms with Crippen molar-refractivity contribution in [3.8, 4) is 0 Å². The third-order valence-corrected chi connectivity index (χ3v) is 3.56. The summed E-state index contributed by atoms with van der Waals surface area (Å²) in [4.78, 5) is 4.35. The molecule has 0 radical (unpaired) electrons. The first-order valence-corrected chi connectivity index (χ1v) is 6.55. The SMILES string of the molecule is Fc1cccc(F)c1C1=NC(c2ccccc2Cl)CN1. The molecule has 0 aliphatic carbocycles. The van der Waals surface area contributed by atoms with Gasteiger partial charge in [-0.2, -0.15) is 0 Å². The largest absolute Gasteiger partial charge is 0.367 e. The third kappa shape index (κ3) is 2.27. The predicted molar refractivity (Wildman–Crippen MR) is 75.1 cm³/mol. The molecule has 1 aliphatic heterocycles. The lowest BCUT2D eigenvalue weighted by atomic mass is 10.1. The Morgan fingerprint density at radius 2 is 1.75 bits per heavy atom. The van der Waals surface area contributed by atoms with E-state index in [2.05, 4.69) is 10.3 Å². The first kappa shape index (κ1) is 13.1. The van der Waals surface area contributed by atoms with Crippen molar-refractivity contribution in [2.75, 3.05) is 6.54 Å². The molecule has 2 nitrogen and oxygen atoms in total. The maximum Gasteiger partial charge on any atom is 0.137 e. The van der Waals surface area contributed by atoms with Gasteiger partial charge in [0.25, 0.3) is 0 Å². The molecular formula is C15H11ClF2N2. The summed E-state index contributed by atoms with van der Waals surface area (Å²) in [5.41, 5.74) is 0.718. The molecular weight excluding hydrogens is 282 g/mol. The van der Waals surface area contributed by atoms with Crippen molar-refractivity contribution in [1.82, 2.24) is 5.32 Å². The summed E-state index contributed by atoms with van der Waals surface area (Å²) in [5.74, 6) is -1.03. The van der Waals surface area contributed by atoms with Crippen LogP contribution in [-0.2, 0) is 0 Å². The van der Waals surface area contributed by atoms with E-state index in [9.17, 15) is 8.78 Å². The summed E-state index contributed by atoms with van der Waals surface area (Å²) < 4.78 is 27.4. The predicted octanol–water partition coefficient (Wildman–Crippen LogP) is 3.71. The molecule has 0 spiro atoms. The van der Waals surface area contributed by atoms with Crippen molar-refractivity contribution in [2.45, 2.75) is 6.04 Å². The van der Waals surface area contributed by atoms with Crippen LogP contribution in [0.2, 0.25) is 5.02 Å². The van der Waals surface area contributed by atoms with Gasteiger partial charge in [-0.3, -0.25) is 4.99 Å². The zero-order valence-electron chi connectivity index (χ0n) is 10.4. The van der Waals surface area contributed by atoms with Gasteiger partial charge in [0.2, 0.25) is 0 Å². The second-order valence-corrected chi connectivity index (χ2v) is 4.90. The van der Waals surface area contributed by atoms with Crippen LogP contribution < -0.4 is 5.32 Å². The third-order valence-electron chi connectivity index (χ3n) is 3.21.